The predicted octanol–water partition coefficient (Wildman–Crippen LogP) is 0.752. The summed E-state index contributed by atoms with van der Waals surface area (Å²) in [6, 6.07) is 2.22. The van der Waals surface area contributed by atoms with E-state index in [9.17, 15) is 32.1 Å². The van der Waals surface area contributed by atoms with Crippen LogP contribution >= 0.6 is 0 Å². The monoisotopic (exact) mass is 347 g/mol. The van der Waals surface area contributed by atoms with Gasteiger partial charge < -0.3 is 10.6 Å². The topological polar surface area (TPSA) is 118 Å². The molecule has 0 radical (unpaired) electrons. The number of anilines is 1. The molecule has 0 aliphatic carbocycles. The second-order valence-electron chi connectivity index (χ2n) is 4.08. The molecule has 8 nitrogen and oxygen atoms in total. The molecule has 1 amide bonds. The second-order valence-corrected chi connectivity index (χ2v) is 5.99. The Morgan fingerprint density at radius 1 is 1.43 bits per heavy atom. The lowest BCUT2D eigenvalue weighted by Crippen LogP contribution is -2.30. The van der Waals surface area contributed by atoms with Crippen LogP contribution in [0.25, 0.3) is 0 Å². The fourth-order valence-corrected chi connectivity index (χ4v) is 2.22. The van der Waals surface area contributed by atoms with E-state index in [1.165, 1.54) is 0 Å². The highest BCUT2D eigenvalue weighted by molar-refractivity contribution is 7.91. The summed E-state index contributed by atoms with van der Waals surface area (Å²) < 4.78 is 47.6. The zero-order valence-corrected chi connectivity index (χ0v) is 12.3. The number of nitrogens with zero attached hydrogens (tertiary/aromatic N) is 1. The third-order valence-corrected chi connectivity index (χ3v) is 3.94. The molecule has 0 aliphatic heterocycles. The minimum absolute atomic E-state index is 0.0336. The minimum atomic E-state index is -4.96. The Morgan fingerprint density at radius 3 is 2.61 bits per heavy atom. The Kier molecular flexibility index (Phi) is 5.97. The number of nitro benzene ring substituents is 1. The molecule has 0 bridgehead atoms. The van der Waals surface area contributed by atoms with E-state index in [2.05, 4.69) is 16.6 Å². The first-order valence-electron chi connectivity index (χ1n) is 5.94. The van der Waals surface area contributed by atoms with Crippen LogP contribution in [0, 0.1) is 22.5 Å². The van der Waals surface area contributed by atoms with E-state index in [0.717, 1.165) is 12.1 Å². The van der Waals surface area contributed by atoms with E-state index in [4.69, 9.17) is 6.42 Å². The van der Waals surface area contributed by atoms with Crippen LogP contribution in [-0.4, -0.2) is 38.1 Å². The molecular formula is C12H11F2N3O5S. The molecule has 0 aliphatic rings. The van der Waals surface area contributed by atoms with Gasteiger partial charge in [-0.25, -0.2) is 8.42 Å². The van der Waals surface area contributed by atoms with Crippen LogP contribution in [0.3, 0.4) is 0 Å². The van der Waals surface area contributed by atoms with Crippen LogP contribution in [-0.2, 0) is 14.6 Å². The molecule has 0 aromatic heterocycles. The quantitative estimate of drug-likeness (QED) is 0.427. The zero-order valence-electron chi connectivity index (χ0n) is 11.5. The number of hydrogen-bond donors (Lipinski definition) is 2. The van der Waals surface area contributed by atoms with Crippen molar-refractivity contribution < 1.29 is 26.9 Å². The molecule has 1 aromatic rings. The fourth-order valence-electron chi connectivity index (χ4n) is 1.48. The molecule has 0 saturated carbocycles. The van der Waals surface area contributed by atoms with Crippen LogP contribution in [0.5, 0.6) is 0 Å². The maximum atomic E-state index is 12.5. The Hall–Kier alpha value is -2.74. The molecule has 1 aromatic carbocycles. The average molecular weight is 347 g/mol. The Bertz CT molecular complexity index is 758. The van der Waals surface area contributed by atoms with Gasteiger partial charge in [0.2, 0.25) is 15.7 Å². The number of terminal acetylenes is 1. The minimum Gasteiger partial charge on any atom is -0.371 e. The third kappa shape index (κ3) is 4.62. The van der Waals surface area contributed by atoms with Crippen molar-refractivity contribution in [3.63, 3.8) is 0 Å². The molecule has 0 unspecified atom stereocenters. The first kappa shape index (κ1) is 18.3. The lowest BCUT2D eigenvalue weighted by atomic mass is 10.2. The lowest BCUT2D eigenvalue weighted by molar-refractivity contribution is -0.384. The molecular weight excluding hydrogens is 336 g/mol. The molecule has 0 spiro atoms. The van der Waals surface area contributed by atoms with E-state index in [0.29, 0.717) is 6.07 Å². The Morgan fingerprint density at radius 2 is 2.09 bits per heavy atom. The summed E-state index contributed by atoms with van der Waals surface area (Å²) in [6.45, 7) is -0.405. The first-order chi connectivity index (χ1) is 10.7. The van der Waals surface area contributed by atoms with Crippen molar-refractivity contribution in [2.45, 2.75) is 10.7 Å². The van der Waals surface area contributed by atoms with Crippen molar-refractivity contribution in [1.29, 1.82) is 0 Å². The van der Waals surface area contributed by atoms with Crippen LogP contribution < -0.4 is 10.6 Å². The van der Waals surface area contributed by atoms with Gasteiger partial charge in [-0.3, -0.25) is 14.9 Å². The van der Waals surface area contributed by atoms with Crippen molar-refractivity contribution >= 4 is 27.1 Å². The summed E-state index contributed by atoms with van der Waals surface area (Å²) >= 11 is 0. The molecule has 11 heteroatoms. The van der Waals surface area contributed by atoms with Gasteiger partial charge in [-0.05, 0) is 12.1 Å². The molecule has 2 N–H and O–H groups in total. The zero-order chi connectivity index (χ0) is 17.6. The second kappa shape index (κ2) is 7.50. The van der Waals surface area contributed by atoms with Crippen molar-refractivity contribution in [2.24, 2.45) is 0 Å². The van der Waals surface area contributed by atoms with Crippen molar-refractivity contribution in [2.75, 3.05) is 18.4 Å². The van der Waals surface area contributed by atoms with Gasteiger partial charge in [0.1, 0.15) is 5.69 Å². The normalized spacial score (nSPS) is 10.9. The summed E-state index contributed by atoms with van der Waals surface area (Å²) in [4.78, 5) is 20.4. The highest BCUT2D eigenvalue weighted by Crippen LogP contribution is 2.29. The SMILES string of the molecule is C#CCNC(=O)CNc1ccc(S(=O)(=O)C(F)F)cc1[N+](=O)[O-]. The molecule has 0 saturated heterocycles. The number of sulfone groups is 1. The van der Waals surface area contributed by atoms with Crippen molar-refractivity contribution in [3.8, 4) is 12.3 Å². The van der Waals surface area contributed by atoms with Gasteiger partial charge in [0.05, 0.1) is 22.9 Å². The van der Waals surface area contributed by atoms with E-state index in [-0.39, 0.29) is 18.8 Å². The number of rotatable bonds is 7. The van der Waals surface area contributed by atoms with Gasteiger partial charge in [0, 0.05) is 6.07 Å². The Balaban J connectivity index is 3.05. The molecule has 0 heterocycles. The largest absolute Gasteiger partial charge is 0.371 e. The highest BCUT2D eigenvalue weighted by Gasteiger charge is 2.29. The lowest BCUT2D eigenvalue weighted by Gasteiger charge is -2.09. The summed E-state index contributed by atoms with van der Waals surface area (Å²) in [6.07, 6.45) is 4.94. The fraction of sp³-hybridized carbons (Fsp3) is 0.250. The predicted molar refractivity (Wildman–Crippen MR) is 76.6 cm³/mol. The molecule has 124 valence electrons. The maximum Gasteiger partial charge on any atom is 0.341 e. The van der Waals surface area contributed by atoms with Crippen molar-refractivity contribution in [1.82, 2.24) is 5.32 Å². The van der Waals surface area contributed by atoms with Gasteiger partial charge in [-0.2, -0.15) is 8.78 Å². The molecule has 1 rings (SSSR count). The Labute approximate surface area is 129 Å². The molecule has 0 fully saturated rings. The van der Waals surface area contributed by atoms with Gasteiger partial charge in [0.15, 0.2) is 0 Å². The van der Waals surface area contributed by atoms with E-state index >= 15 is 0 Å². The summed E-state index contributed by atoms with van der Waals surface area (Å²) in [7, 11) is -4.96. The van der Waals surface area contributed by atoms with Gasteiger partial charge in [-0.1, -0.05) is 5.92 Å². The number of alkyl halides is 2. The van der Waals surface area contributed by atoms with Crippen LogP contribution in [0.15, 0.2) is 23.1 Å². The van der Waals surface area contributed by atoms with Crippen LogP contribution in [0.1, 0.15) is 0 Å². The number of carbonyl (C=O) groups excluding carboxylic acids is 1. The van der Waals surface area contributed by atoms with Gasteiger partial charge >= 0.3 is 5.76 Å². The summed E-state index contributed by atoms with van der Waals surface area (Å²) in [5.41, 5.74) is -0.949. The van der Waals surface area contributed by atoms with Crippen LogP contribution in [0.4, 0.5) is 20.2 Å². The number of nitro groups is 1. The van der Waals surface area contributed by atoms with E-state index in [1.54, 1.807) is 0 Å². The highest BCUT2D eigenvalue weighted by atomic mass is 32.2. The van der Waals surface area contributed by atoms with E-state index < -0.39 is 37.0 Å². The number of hydrogen-bond acceptors (Lipinski definition) is 6. The number of nitrogens with one attached hydrogen (secondary N) is 2. The third-order valence-electron chi connectivity index (χ3n) is 2.56. The number of carbonyl (C=O) groups is 1. The summed E-state index contributed by atoms with van der Waals surface area (Å²) in [5, 5.41) is 15.6. The molecule has 23 heavy (non-hydrogen) atoms. The number of benzene rings is 1. The van der Waals surface area contributed by atoms with Crippen LogP contribution in [0.2, 0.25) is 0 Å². The van der Waals surface area contributed by atoms with Gasteiger partial charge in [-0.15, -0.1) is 6.42 Å². The van der Waals surface area contributed by atoms with E-state index in [1.807, 2.05) is 0 Å². The van der Waals surface area contributed by atoms with Gasteiger partial charge in [0.25, 0.3) is 5.69 Å². The summed E-state index contributed by atoms with van der Waals surface area (Å²) in [5.74, 6) is -2.10. The number of amides is 1. The first-order valence-corrected chi connectivity index (χ1v) is 7.49. The molecule has 0 atom stereocenters. The number of halogens is 2. The maximum absolute atomic E-state index is 12.5. The smallest absolute Gasteiger partial charge is 0.341 e. The standard InChI is InChI=1S/C12H11F2N3O5S/c1-2-5-15-11(18)7-16-9-4-3-8(6-10(9)17(19)20)23(21,22)12(13)14/h1,3-4,6,12,16H,5,7H2,(H,15,18). The van der Waals surface area contributed by atoms with Crippen molar-refractivity contribution in [3.05, 3.63) is 28.3 Å². The average Bonchev–Trinajstić information content (AvgIpc) is 2.50.